The summed E-state index contributed by atoms with van der Waals surface area (Å²) in [6.07, 6.45) is 0. The van der Waals surface area contributed by atoms with E-state index >= 15 is 0 Å². The second kappa shape index (κ2) is 5.72. The molecule has 0 radical (unpaired) electrons. The molecule has 1 aromatic rings. The van der Waals surface area contributed by atoms with E-state index in [2.05, 4.69) is 5.32 Å². The van der Waals surface area contributed by atoms with Crippen LogP contribution in [0.2, 0.25) is 0 Å². The molecule has 0 saturated carbocycles. The number of nitrogens with one attached hydrogen (secondary N) is 1. The Morgan fingerprint density at radius 3 is 2.83 bits per heavy atom. The molecule has 6 nitrogen and oxygen atoms in total. The standard InChI is InChI=1S/C11H10FN3O3/c1-7(5-13)6-14-11(16)9-3-2-8(15(17)18)4-10(9)12/h2-4,7H,6H2,1H3,(H,14,16). The van der Waals surface area contributed by atoms with Gasteiger partial charge in [-0.3, -0.25) is 14.9 Å². The van der Waals surface area contributed by atoms with Gasteiger partial charge in [-0.05, 0) is 13.0 Å². The van der Waals surface area contributed by atoms with Crippen molar-refractivity contribution in [1.82, 2.24) is 5.32 Å². The summed E-state index contributed by atoms with van der Waals surface area (Å²) in [4.78, 5) is 21.2. The Hall–Kier alpha value is -2.49. The quantitative estimate of drug-likeness (QED) is 0.649. The molecule has 0 fully saturated rings. The molecular weight excluding hydrogens is 241 g/mol. The Morgan fingerprint density at radius 1 is 1.67 bits per heavy atom. The maximum absolute atomic E-state index is 13.4. The number of amides is 1. The van der Waals surface area contributed by atoms with Crippen molar-refractivity contribution in [2.75, 3.05) is 6.54 Å². The fourth-order valence-electron chi connectivity index (χ4n) is 1.19. The van der Waals surface area contributed by atoms with Gasteiger partial charge < -0.3 is 5.32 Å². The number of nitriles is 1. The summed E-state index contributed by atoms with van der Waals surface area (Å²) in [5.74, 6) is -2.06. The highest BCUT2D eigenvalue weighted by Crippen LogP contribution is 2.16. The van der Waals surface area contributed by atoms with Crippen molar-refractivity contribution >= 4 is 11.6 Å². The third kappa shape index (κ3) is 3.25. The second-order valence-corrected chi connectivity index (χ2v) is 3.66. The first-order valence-corrected chi connectivity index (χ1v) is 5.07. The largest absolute Gasteiger partial charge is 0.351 e. The molecule has 0 heterocycles. The Kier molecular flexibility index (Phi) is 4.32. The van der Waals surface area contributed by atoms with Gasteiger partial charge in [0.2, 0.25) is 0 Å². The molecule has 0 aliphatic rings. The van der Waals surface area contributed by atoms with Crippen molar-refractivity contribution in [3.8, 4) is 6.07 Å². The second-order valence-electron chi connectivity index (χ2n) is 3.66. The molecule has 0 aromatic heterocycles. The lowest BCUT2D eigenvalue weighted by Gasteiger charge is -2.06. The fraction of sp³-hybridized carbons (Fsp3) is 0.273. The van der Waals surface area contributed by atoms with Crippen molar-refractivity contribution in [2.24, 2.45) is 5.92 Å². The van der Waals surface area contributed by atoms with E-state index in [0.717, 1.165) is 12.1 Å². The highest BCUT2D eigenvalue weighted by molar-refractivity contribution is 5.94. The number of halogens is 1. The number of non-ortho nitro benzene ring substituents is 1. The number of benzene rings is 1. The van der Waals surface area contributed by atoms with Crippen molar-refractivity contribution in [1.29, 1.82) is 5.26 Å². The number of hydrogen-bond acceptors (Lipinski definition) is 4. The molecule has 0 bridgehead atoms. The predicted octanol–water partition coefficient (Wildman–Crippen LogP) is 1.62. The fourth-order valence-corrected chi connectivity index (χ4v) is 1.19. The average molecular weight is 251 g/mol. The maximum Gasteiger partial charge on any atom is 0.272 e. The number of nitrogens with zero attached hydrogens (tertiary/aromatic N) is 2. The van der Waals surface area contributed by atoms with Crippen LogP contribution in [0.1, 0.15) is 17.3 Å². The molecule has 1 amide bonds. The lowest BCUT2D eigenvalue weighted by molar-refractivity contribution is -0.385. The van der Waals surface area contributed by atoms with E-state index in [1.807, 2.05) is 6.07 Å². The zero-order chi connectivity index (χ0) is 13.7. The Labute approximate surface area is 102 Å². The summed E-state index contributed by atoms with van der Waals surface area (Å²) in [7, 11) is 0. The van der Waals surface area contributed by atoms with Crippen LogP contribution in [0.4, 0.5) is 10.1 Å². The molecule has 1 N–H and O–H groups in total. The van der Waals surface area contributed by atoms with E-state index < -0.39 is 28.3 Å². The van der Waals surface area contributed by atoms with Crippen LogP contribution in [0.15, 0.2) is 18.2 Å². The summed E-state index contributed by atoms with van der Waals surface area (Å²) < 4.78 is 13.4. The molecular formula is C11H10FN3O3. The van der Waals surface area contributed by atoms with Crippen molar-refractivity contribution in [3.63, 3.8) is 0 Å². The number of carbonyl (C=O) groups is 1. The van der Waals surface area contributed by atoms with Crippen LogP contribution in [0.25, 0.3) is 0 Å². The molecule has 0 spiro atoms. The van der Waals surface area contributed by atoms with Crippen LogP contribution in [-0.4, -0.2) is 17.4 Å². The normalized spacial score (nSPS) is 11.4. The zero-order valence-electron chi connectivity index (χ0n) is 9.51. The minimum absolute atomic E-state index is 0.0890. The van der Waals surface area contributed by atoms with E-state index in [0.29, 0.717) is 6.07 Å². The van der Waals surface area contributed by atoms with E-state index in [9.17, 15) is 19.3 Å². The third-order valence-electron chi connectivity index (χ3n) is 2.20. The highest BCUT2D eigenvalue weighted by Gasteiger charge is 2.16. The van der Waals surface area contributed by atoms with Gasteiger partial charge in [0.25, 0.3) is 11.6 Å². The van der Waals surface area contributed by atoms with Crippen LogP contribution in [0.3, 0.4) is 0 Å². The molecule has 1 unspecified atom stereocenters. The van der Waals surface area contributed by atoms with Gasteiger partial charge in [-0.2, -0.15) is 5.26 Å². The average Bonchev–Trinajstić information content (AvgIpc) is 2.35. The van der Waals surface area contributed by atoms with Crippen molar-refractivity contribution in [3.05, 3.63) is 39.7 Å². The van der Waals surface area contributed by atoms with Gasteiger partial charge >= 0.3 is 0 Å². The first-order valence-electron chi connectivity index (χ1n) is 5.07. The van der Waals surface area contributed by atoms with Gasteiger partial charge in [0.15, 0.2) is 0 Å². The van der Waals surface area contributed by atoms with E-state index in [1.165, 1.54) is 0 Å². The van der Waals surface area contributed by atoms with Crippen LogP contribution in [0, 0.1) is 33.2 Å². The van der Waals surface area contributed by atoms with Gasteiger partial charge in [-0.15, -0.1) is 0 Å². The van der Waals surface area contributed by atoms with Crippen molar-refractivity contribution < 1.29 is 14.1 Å². The first-order chi connectivity index (χ1) is 8.45. The number of carbonyl (C=O) groups excluding carboxylic acids is 1. The Balaban J connectivity index is 2.81. The Morgan fingerprint density at radius 2 is 2.33 bits per heavy atom. The zero-order valence-corrected chi connectivity index (χ0v) is 9.51. The Bertz CT molecular complexity index is 525. The molecule has 18 heavy (non-hydrogen) atoms. The summed E-state index contributed by atoms with van der Waals surface area (Å²) in [6, 6.07) is 4.68. The monoisotopic (exact) mass is 251 g/mol. The molecule has 0 aliphatic carbocycles. The molecule has 1 rings (SSSR count). The SMILES string of the molecule is CC(C#N)CNC(=O)c1ccc([N+](=O)[O-])cc1F. The minimum atomic E-state index is -0.966. The molecule has 1 atom stereocenters. The van der Waals surface area contributed by atoms with Gasteiger partial charge in [0.1, 0.15) is 5.82 Å². The van der Waals surface area contributed by atoms with Crippen LogP contribution >= 0.6 is 0 Å². The van der Waals surface area contributed by atoms with E-state index in [-0.39, 0.29) is 12.1 Å². The lowest BCUT2D eigenvalue weighted by Crippen LogP contribution is -2.28. The van der Waals surface area contributed by atoms with Crippen LogP contribution in [0.5, 0.6) is 0 Å². The summed E-state index contributed by atoms with van der Waals surface area (Å²) in [6.45, 7) is 1.69. The first kappa shape index (κ1) is 13.6. The summed E-state index contributed by atoms with van der Waals surface area (Å²) in [5.41, 5.74) is -0.708. The van der Waals surface area contributed by atoms with E-state index in [1.54, 1.807) is 6.92 Å². The smallest absolute Gasteiger partial charge is 0.272 e. The van der Waals surface area contributed by atoms with Gasteiger partial charge in [-0.1, -0.05) is 0 Å². The predicted molar refractivity (Wildman–Crippen MR) is 60.2 cm³/mol. The van der Waals surface area contributed by atoms with Crippen LogP contribution in [-0.2, 0) is 0 Å². The van der Waals surface area contributed by atoms with Gasteiger partial charge in [0.05, 0.1) is 28.5 Å². The molecule has 0 saturated heterocycles. The number of nitro groups is 1. The summed E-state index contributed by atoms with van der Waals surface area (Å²) >= 11 is 0. The number of nitro benzene ring substituents is 1. The lowest BCUT2D eigenvalue weighted by atomic mass is 10.1. The molecule has 94 valence electrons. The summed E-state index contributed by atoms with van der Waals surface area (Å²) in [5, 5.41) is 21.3. The maximum atomic E-state index is 13.4. The van der Waals surface area contributed by atoms with Crippen molar-refractivity contribution in [2.45, 2.75) is 6.92 Å². The third-order valence-corrected chi connectivity index (χ3v) is 2.20. The van der Waals surface area contributed by atoms with Gasteiger partial charge in [-0.25, -0.2) is 4.39 Å². The topological polar surface area (TPSA) is 96.0 Å². The minimum Gasteiger partial charge on any atom is -0.351 e. The number of rotatable bonds is 4. The molecule has 1 aromatic carbocycles. The molecule has 0 aliphatic heterocycles. The number of hydrogen-bond donors (Lipinski definition) is 1. The molecule has 7 heteroatoms. The van der Waals surface area contributed by atoms with Crippen LogP contribution < -0.4 is 5.32 Å². The van der Waals surface area contributed by atoms with E-state index in [4.69, 9.17) is 5.26 Å². The van der Waals surface area contributed by atoms with Gasteiger partial charge in [0, 0.05) is 12.6 Å². The highest BCUT2D eigenvalue weighted by atomic mass is 19.1.